The summed E-state index contributed by atoms with van der Waals surface area (Å²) in [6.07, 6.45) is 0. The van der Waals surface area contributed by atoms with Gasteiger partial charge in [0.05, 0.1) is 26.0 Å². The summed E-state index contributed by atoms with van der Waals surface area (Å²) in [5.74, 6) is 1.45. The van der Waals surface area contributed by atoms with E-state index in [1.807, 2.05) is 0 Å². The van der Waals surface area contributed by atoms with Crippen molar-refractivity contribution in [3.8, 4) is 5.75 Å². The minimum absolute atomic E-state index is 0.520. The second-order valence-corrected chi connectivity index (χ2v) is 5.50. The van der Waals surface area contributed by atoms with Crippen molar-refractivity contribution in [2.24, 2.45) is 0 Å². The van der Waals surface area contributed by atoms with Crippen LogP contribution < -0.4 is 10.1 Å². The van der Waals surface area contributed by atoms with Crippen molar-refractivity contribution in [1.82, 2.24) is 4.90 Å². The Hall–Kier alpha value is -1.26. The summed E-state index contributed by atoms with van der Waals surface area (Å²) < 4.78 is 10.8. The van der Waals surface area contributed by atoms with Crippen LogP contribution in [0.15, 0.2) is 18.2 Å². The molecule has 0 aliphatic carbocycles. The van der Waals surface area contributed by atoms with Gasteiger partial charge in [-0.25, -0.2) is 0 Å². The van der Waals surface area contributed by atoms with Gasteiger partial charge in [-0.15, -0.1) is 0 Å². The van der Waals surface area contributed by atoms with Gasteiger partial charge in [-0.1, -0.05) is 19.9 Å². The molecular formula is C16H26N2O2. The van der Waals surface area contributed by atoms with Gasteiger partial charge in [0.15, 0.2) is 0 Å². The third-order valence-corrected chi connectivity index (χ3v) is 3.74. The molecule has 1 fully saturated rings. The Bertz CT molecular complexity index is 415. The molecule has 0 saturated carbocycles. The van der Waals surface area contributed by atoms with Crippen molar-refractivity contribution in [2.45, 2.75) is 19.8 Å². The molecule has 1 aromatic carbocycles. The zero-order valence-corrected chi connectivity index (χ0v) is 12.8. The molecule has 1 aromatic rings. The fourth-order valence-electron chi connectivity index (χ4n) is 2.39. The average Bonchev–Trinajstić information content (AvgIpc) is 2.48. The van der Waals surface area contributed by atoms with Gasteiger partial charge in [-0.05, 0) is 23.6 Å². The normalized spacial score (nSPS) is 16.4. The zero-order valence-electron chi connectivity index (χ0n) is 12.8. The summed E-state index contributed by atoms with van der Waals surface area (Å²) in [6, 6.07) is 6.42. The standard InChI is InChI=1S/C16H26N2O2/c1-13(2)14-4-5-15(16(12-14)19-3)17-6-7-18-8-10-20-11-9-18/h4-5,12-13,17H,6-11H2,1-3H3. The number of morpholine rings is 1. The van der Waals surface area contributed by atoms with E-state index >= 15 is 0 Å². The number of nitrogens with one attached hydrogen (secondary N) is 1. The molecule has 0 atom stereocenters. The van der Waals surface area contributed by atoms with Crippen LogP contribution in [0.5, 0.6) is 5.75 Å². The van der Waals surface area contributed by atoms with Crippen molar-refractivity contribution in [3.63, 3.8) is 0 Å². The minimum atomic E-state index is 0.520. The predicted octanol–water partition coefficient (Wildman–Crippen LogP) is 2.56. The highest BCUT2D eigenvalue weighted by atomic mass is 16.5. The number of anilines is 1. The lowest BCUT2D eigenvalue weighted by molar-refractivity contribution is 0.0398. The number of hydrogen-bond donors (Lipinski definition) is 1. The zero-order chi connectivity index (χ0) is 14.4. The second-order valence-electron chi connectivity index (χ2n) is 5.50. The molecule has 1 aliphatic heterocycles. The fourth-order valence-corrected chi connectivity index (χ4v) is 2.39. The Morgan fingerprint density at radius 3 is 2.70 bits per heavy atom. The first kappa shape index (κ1) is 15.1. The number of rotatable bonds is 6. The Morgan fingerprint density at radius 2 is 2.05 bits per heavy atom. The maximum absolute atomic E-state index is 5.48. The molecule has 4 heteroatoms. The summed E-state index contributed by atoms with van der Waals surface area (Å²) >= 11 is 0. The van der Waals surface area contributed by atoms with Crippen LogP contribution in [0.4, 0.5) is 5.69 Å². The van der Waals surface area contributed by atoms with E-state index in [0.717, 1.165) is 50.8 Å². The molecule has 1 N–H and O–H groups in total. The van der Waals surface area contributed by atoms with Crippen LogP contribution in [0.3, 0.4) is 0 Å². The lowest BCUT2D eigenvalue weighted by atomic mass is 10.0. The molecule has 4 nitrogen and oxygen atoms in total. The highest BCUT2D eigenvalue weighted by Crippen LogP contribution is 2.28. The van der Waals surface area contributed by atoms with E-state index < -0.39 is 0 Å². The third kappa shape index (κ3) is 4.12. The minimum Gasteiger partial charge on any atom is -0.495 e. The molecule has 1 aliphatic rings. The number of methoxy groups -OCH3 is 1. The molecule has 0 unspecified atom stereocenters. The van der Waals surface area contributed by atoms with Crippen molar-refractivity contribution >= 4 is 5.69 Å². The highest BCUT2D eigenvalue weighted by Gasteiger charge is 2.10. The van der Waals surface area contributed by atoms with Crippen LogP contribution in [0.1, 0.15) is 25.3 Å². The van der Waals surface area contributed by atoms with Gasteiger partial charge in [0, 0.05) is 26.2 Å². The van der Waals surface area contributed by atoms with Crippen molar-refractivity contribution in [2.75, 3.05) is 51.8 Å². The van der Waals surface area contributed by atoms with Crippen LogP contribution in [0.25, 0.3) is 0 Å². The van der Waals surface area contributed by atoms with Crippen molar-refractivity contribution in [3.05, 3.63) is 23.8 Å². The van der Waals surface area contributed by atoms with E-state index in [-0.39, 0.29) is 0 Å². The summed E-state index contributed by atoms with van der Waals surface area (Å²) in [6.45, 7) is 10.1. The number of nitrogens with zero attached hydrogens (tertiary/aromatic N) is 1. The topological polar surface area (TPSA) is 33.7 Å². The van der Waals surface area contributed by atoms with Gasteiger partial charge in [0.25, 0.3) is 0 Å². The van der Waals surface area contributed by atoms with Gasteiger partial charge in [0.2, 0.25) is 0 Å². The molecule has 0 aromatic heterocycles. The average molecular weight is 278 g/mol. The number of hydrogen-bond acceptors (Lipinski definition) is 4. The van der Waals surface area contributed by atoms with Crippen molar-refractivity contribution in [1.29, 1.82) is 0 Å². The Kier molecular flexibility index (Phi) is 5.68. The van der Waals surface area contributed by atoms with Gasteiger partial charge in [-0.2, -0.15) is 0 Å². The van der Waals surface area contributed by atoms with Crippen LogP contribution >= 0.6 is 0 Å². The fraction of sp³-hybridized carbons (Fsp3) is 0.625. The molecular weight excluding hydrogens is 252 g/mol. The first-order valence-corrected chi connectivity index (χ1v) is 7.42. The molecule has 2 rings (SSSR count). The van der Waals surface area contributed by atoms with Gasteiger partial charge in [0.1, 0.15) is 5.75 Å². The Labute approximate surface area is 122 Å². The largest absolute Gasteiger partial charge is 0.495 e. The van der Waals surface area contributed by atoms with Crippen LogP contribution in [-0.2, 0) is 4.74 Å². The first-order chi connectivity index (χ1) is 9.70. The van der Waals surface area contributed by atoms with E-state index in [4.69, 9.17) is 9.47 Å². The quantitative estimate of drug-likeness (QED) is 0.867. The molecule has 1 heterocycles. The molecule has 112 valence electrons. The smallest absolute Gasteiger partial charge is 0.142 e. The van der Waals surface area contributed by atoms with E-state index in [1.165, 1.54) is 5.56 Å². The SMILES string of the molecule is COc1cc(C(C)C)ccc1NCCN1CCOCC1. The predicted molar refractivity (Wildman–Crippen MR) is 82.8 cm³/mol. The summed E-state index contributed by atoms with van der Waals surface area (Å²) in [7, 11) is 1.73. The molecule has 20 heavy (non-hydrogen) atoms. The second kappa shape index (κ2) is 7.50. The number of benzene rings is 1. The van der Waals surface area contributed by atoms with E-state index in [9.17, 15) is 0 Å². The molecule has 0 radical (unpaired) electrons. The lowest BCUT2D eigenvalue weighted by Gasteiger charge is -2.26. The monoisotopic (exact) mass is 278 g/mol. The van der Waals surface area contributed by atoms with Crippen LogP contribution in [-0.4, -0.2) is 51.4 Å². The van der Waals surface area contributed by atoms with Gasteiger partial charge < -0.3 is 14.8 Å². The van der Waals surface area contributed by atoms with E-state index in [2.05, 4.69) is 42.3 Å². The van der Waals surface area contributed by atoms with E-state index in [0.29, 0.717) is 5.92 Å². The maximum Gasteiger partial charge on any atom is 0.142 e. The molecule has 0 amide bonds. The maximum atomic E-state index is 5.48. The molecule has 0 spiro atoms. The van der Waals surface area contributed by atoms with E-state index in [1.54, 1.807) is 7.11 Å². The third-order valence-electron chi connectivity index (χ3n) is 3.74. The summed E-state index contributed by atoms with van der Waals surface area (Å²) in [5, 5.41) is 3.47. The van der Waals surface area contributed by atoms with Crippen LogP contribution in [0, 0.1) is 0 Å². The summed E-state index contributed by atoms with van der Waals surface area (Å²) in [5.41, 5.74) is 2.38. The summed E-state index contributed by atoms with van der Waals surface area (Å²) in [4.78, 5) is 2.42. The first-order valence-electron chi connectivity index (χ1n) is 7.42. The van der Waals surface area contributed by atoms with Gasteiger partial charge in [-0.3, -0.25) is 4.90 Å². The van der Waals surface area contributed by atoms with Gasteiger partial charge >= 0.3 is 0 Å². The molecule has 1 saturated heterocycles. The number of ether oxygens (including phenoxy) is 2. The Balaban J connectivity index is 1.88. The Morgan fingerprint density at radius 1 is 1.30 bits per heavy atom. The van der Waals surface area contributed by atoms with Crippen LogP contribution in [0.2, 0.25) is 0 Å². The van der Waals surface area contributed by atoms with Crippen molar-refractivity contribution < 1.29 is 9.47 Å². The molecule has 0 bridgehead atoms. The highest BCUT2D eigenvalue weighted by molar-refractivity contribution is 5.58. The lowest BCUT2D eigenvalue weighted by Crippen LogP contribution is -2.39.